The monoisotopic (exact) mass is 351 g/mol. The second-order valence-corrected chi connectivity index (χ2v) is 4.36. The molecule has 0 unspecified atom stereocenters. The number of benzene rings is 2. The lowest BCUT2D eigenvalue weighted by molar-refractivity contribution is 0.278. The molecule has 2 aromatic carbocycles. The molecule has 0 saturated carbocycles. The van der Waals surface area contributed by atoms with Crippen molar-refractivity contribution in [2.24, 2.45) is 0 Å². The minimum atomic E-state index is -2.17. The summed E-state index contributed by atoms with van der Waals surface area (Å²) in [4.78, 5) is 2.08. The number of halogens is 5. The highest BCUT2D eigenvalue weighted by Crippen LogP contribution is 2.16. The molecular formula is C14H15BF5NO3. The van der Waals surface area contributed by atoms with Gasteiger partial charge in [-0.3, -0.25) is 0 Å². The van der Waals surface area contributed by atoms with E-state index in [9.17, 15) is 22.0 Å². The van der Waals surface area contributed by atoms with Crippen molar-refractivity contribution in [3.63, 3.8) is 0 Å². The first-order chi connectivity index (χ1) is 11.1. The normalized spacial score (nSPS) is 9.25. The van der Waals surface area contributed by atoms with Gasteiger partial charge in [0.2, 0.25) is 5.82 Å². The van der Waals surface area contributed by atoms with E-state index in [0.717, 1.165) is 0 Å². The van der Waals surface area contributed by atoms with E-state index in [1.165, 1.54) is 5.69 Å². The summed E-state index contributed by atoms with van der Waals surface area (Å²) in [6.07, 6.45) is 0. The van der Waals surface area contributed by atoms with E-state index in [1.54, 1.807) is 0 Å². The summed E-state index contributed by atoms with van der Waals surface area (Å²) in [5.41, 5.74) is 1.25. The molecule has 10 heteroatoms. The summed E-state index contributed by atoms with van der Waals surface area (Å²) >= 11 is 0. The minimum Gasteiger partial charge on any atom is -0.402 e. The van der Waals surface area contributed by atoms with Gasteiger partial charge in [0, 0.05) is 25.8 Å². The number of hydrogen-bond acceptors (Lipinski definition) is 4. The van der Waals surface area contributed by atoms with Crippen molar-refractivity contribution in [3.8, 4) is 0 Å². The van der Waals surface area contributed by atoms with Crippen molar-refractivity contribution in [1.29, 1.82) is 0 Å². The third-order valence-corrected chi connectivity index (χ3v) is 2.33. The molecule has 0 radical (unpaired) electrons. The Bertz CT molecular complexity index is 601. The Labute approximate surface area is 135 Å². The van der Waals surface area contributed by atoms with Crippen molar-refractivity contribution < 1.29 is 37.0 Å². The summed E-state index contributed by atoms with van der Waals surface area (Å²) in [7, 11) is 1.91. The van der Waals surface area contributed by atoms with Gasteiger partial charge in [0.25, 0.3) is 0 Å². The van der Waals surface area contributed by atoms with E-state index in [2.05, 4.69) is 17.0 Å². The van der Waals surface area contributed by atoms with Gasteiger partial charge >= 0.3 is 7.32 Å². The molecule has 0 heterocycles. The highest BCUT2D eigenvalue weighted by molar-refractivity contribution is 6.30. The highest BCUT2D eigenvalue weighted by atomic mass is 19.2. The number of nitrogens with zero attached hydrogens (tertiary/aromatic N) is 1. The average Bonchev–Trinajstić information content (AvgIpc) is 2.52. The summed E-state index contributed by atoms with van der Waals surface area (Å²) in [5.74, 6) is -9.65. The Kier molecular flexibility index (Phi) is 9.63. The van der Waals surface area contributed by atoms with Crippen LogP contribution in [0.25, 0.3) is 0 Å². The van der Waals surface area contributed by atoms with Gasteiger partial charge in [0.15, 0.2) is 23.3 Å². The smallest absolute Gasteiger partial charge is 0.402 e. The molecule has 0 spiro atoms. The van der Waals surface area contributed by atoms with Crippen LogP contribution >= 0.6 is 0 Å². The second-order valence-electron chi connectivity index (χ2n) is 4.36. The number of rotatable bonds is 1. The molecule has 0 aliphatic rings. The van der Waals surface area contributed by atoms with Gasteiger partial charge in [0.1, 0.15) is 0 Å². The molecule has 24 heavy (non-hydrogen) atoms. The van der Waals surface area contributed by atoms with Gasteiger partial charge < -0.3 is 20.0 Å². The van der Waals surface area contributed by atoms with Crippen LogP contribution in [0.4, 0.5) is 27.6 Å². The first kappa shape index (κ1) is 21.8. The molecule has 4 nitrogen and oxygen atoms in total. The van der Waals surface area contributed by atoms with Crippen LogP contribution in [0, 0.1) is 29.1 Å². The predicted octanol–water partition coefficient (Wildman–Crippen LogP) is 2.08. The Hall–Kier alpha value is -2.17. The van der Waals surface area contributed by atoms with Crippen LogP contribution in [0.3, 0.4) is 0 Å². The predicted molar refractivity (Wildman–Crippen MR) is 79.4 cm³/mol. The van der Waals surface area contributed by atoms with Crippen molar-refractivity contribution >= 4 is 13.0 Å². The fraction of sp³-hybridized carbons (Fsp3) is 0.143. The molecule has 0 aromatic heterocycles. The van der Waals surface area contributed by atoms with E-state index in [1.807, 2.05) is 32.3 Å². The summed E-state index contributed by atoms with van der Waals surface area (Å²) in [5, 5.41) is 21.5. The first-order valence-corrected chi connectivity index (χ1v) is 6.33. The fourth-order valence-corrected chi connectivity index (χ4v) is 1.27. The maximum Gasteiger partial charge on any atom is 0.631 e. The van der Waals surface area contributed by atoms with Gasteiger partial charge in [-0.2, -0.15) is 0 Å². The molecular weight excluding hydrogens is 336 g/mol. The third kappa shape index (κ3) is 7.91. The molecule has 0 aliphatic carbocycles. The average molecular weight is 351 g/mol. The minimum absolute atomic E-state index is 0.0618. The summed E-state index contributed by atoms with van der Waals surface area (Å²) in [6, 6.07) is 10.2. The van der Waals surface area contributed by atoms with Gasteiger partial charge in [-0.25, -0.2) is 22.0 Å². The molecule has 0 bridgehead atoms. The molecule has 0 saturated heterocycles. The number of anilines is 1. The first-order valence-electron chi connectivity index (χ1n) is 6.33. The van der Waals surface area contributed by atoms with E-state index >= 15 is 0 Å². The van der Waals surface area contributed by atoms with Gasteiger partial charge in [-0.05, 0) is 12.1 Å². The molecule has 0 atom stereocenters. The number of para-hydroxylation sites is 1. The van der Waals surface area contributed by atoms with Gasteiger partial charge in [-0.15, -0.1) is 0 Å². The Morgan fingerprint density at radius 3 is 1.42 bits per heavy atom. The zero-order chi connectivity index (χ0) is 18.9. The van der Waals surface area contributed by atoms with Crippen LogP contribution in [0.15, 0.2) is 36.4 Å². The van der Waals surface area contributed by atoms with E-state index in [0.29, 0.717) is 0 Å². The van der Waals surface area contributed by atoms with Crippen molar-refractivity contribution in [2.75, 3.05) is 19.0 Å². The lowest BCUT2D eigenvalue weighted by atomic mass is 10.3. The maximum absolute atomic E-state index is 12.0. The van der Waals surface area contributed by atoms with Crippen LogP contribution in [0.2, 0.25) is 0 Å². The van der Waals surface area contributed by atoms with E-state index in [-0.39, 0.29) is 6.07 Å². The third-order valence-electron chi connectivity index (χ3n) is 2.33. The maximum atomic E-state index is 12.0. The SMILES string of the molecule is CN(C)c1ccccc1.Fc1cc(F)c(F)c(F)c1F.OB(O)O. The number of hydrogen-bond donors (Lipinski definition) is 3. The van der Waals surface area contributed by atoms with Crippen LogP contribution in [-0.2, 0) is 0 Å². The molecule has 2 aromatic rings. The quantitative estimate of drug-likeness (QED) is 0.319. The van der Waals surface area contributed by atoms with E-state index < -0.39 is 36.4 Å². The zero-order valence-corrected chi connectivity index (χ0v) is 12.7. The van der Waals surface area contributed by atoms with Crippen molar-refractivity contribution in [2.45, 2.75) is 0 Å². The molecule has 0 aliphatic heterocycles. The largest absolute Gasteiger partial charge is 0.631 e. The lowest BCUT2D eigenvalue weighted by Gasteiger charge is -2.10. The summed E-state index contributed by atoms with van der Waals surface area (Å²) < 4.78 is 60.0. The Balaban J connectivity index is 0.000000367. The van der Waals surface area contributed by atoms with Crippen molar-refractivity contribution in [1.82, 2.24) is 0 Å². The Morgan fingerprint density at radius 1 is 0.750 bits per heavy atom. The molecule has 0 fully saturated rings. The van der Waals surface area contributed by atoms with Crippen LogP contribution in [-0.4, -0.2) is 36.5 Å². The lowest BCUT2D eigenvalue weighted by Crippen LogP contribution is -2.07. The fourth-order valence-electron chi connectivity index (χ4n) is 1.27. The molecule has 3 N–H and O–H groups in total. The highest BCUT2D eigenvalue weighted by Gasteiger charge is 2.18. The van der Waals surface area contributed by atoms with E-state index in [4.69, 9.17) is 15.1 Å². The van der Waals surface area contributed by atoms with Crippen molar-refractivity contribution in [3.05, 3.63) is 65.5 Å². The van der Waals surface area contributed by atoms with Gasteiger partial charge in [-0.1, -0.05) is 18.2 Å². The van der Waals surface area contributed by atoms with Crippen LogP contribution < -0.4 is 4.90 Å². The summed E-state index contributed by atoms with van der Waals surface area (Å²) in [6.45, 7) is 0. The molecule has 2 rings (SSSR count). The van der Waals surface area contributed by atoms with Crippen LogP contribution in [0.5, 0.6) is 0 Å². The second kappa shape index (κ2) is 10.6. The molecule has 132 valence electrons. The Morgan fingerprint density at radius 2 is 1.12 bits per heavy atom. The zero-order valence-electron chi connectivity index (χ0n) is 12.7. The van der Waals surface area contributed by atoms with Crippen LogP contribution in [0.1, 0.15) is 0 Å². The van der Waals surface area contributed by atoms with Gasteiger partial charge in [0.05, 0.1) is 0 Å². The molecule has 0 amide bonds. The standard InChI is InChI=1S/C8H11N.C6HF5.BH3O3/c1-9(2)8-6-4-3-5-7-8;7-2-1-3(8)5(10)6(11)4(2)9;2-1(3)4/h3-7H,1-2H3;1H;2-4H. The topological polar surface area (TPSA) is 63.9 Å².